The highest BCUT2D eigenvalue weighted by molar-refractivity contribution is 5.75. The minimum Gasteiger partial charge on any atom is -0.502 e. The van der Waals surface area contributed by atoms with Crippen molar-refractivity contribution in [2.75, 3.05) is 26.8 Å². The van der Waals surface area contributed by atoms with E-state index >= 15 is 0 Å². The zero-order valence-electron chi connectivity index (χ0n) is 22.1. The molecule has 2 aliphatic heterocycles. The van der Waals surface area contributed by atoms with Crippen LogP contribution < -0.4 is 21.5 Å². The summed E-state index contributed by atoms with van der Waals surface area (Å²) in [6.07, 6.45) is 0.750. The van der Waals surface area contributed by atoms with E-state index in [1.807, 2.05) is 10.6 Å². The van der Waals surface area contributed by atoms with E-state index in [-0.39, 0.29) is 36.2 Å². The van der Waals surface area contributed by atoms with Crippen molar-refractivity contribution < 1.29 is 28.6 Å². The second-order valence-corrected chi connectivity index (χ2v) is 10.3. The quantitative estimate of drug-likeness (QED) is 0.380. The van der Waals surface area contributed by atoms with Gasteiger partial charge in [-0.3, -0.25) is 19.3 Å². The van der Waals surface area contributed by atoms with Gasteiger partial charge in [-0.05, 0) is 36.1 Å². The number of aromatic hydroxyl groups is 1. The lowest BCUT2D eigenvalue weighted by atomic mass is 9.83. The first kappa shape index (κ1) is 27.2. The number of fused-ring (bicyclic) bond motifs is 4. The van der Waals surface area contributed by atoms with E-state index in [2.05, 4.69) is 9.64 Å². The Morgan fingerprint density at radius 1 is 1.12 bits per heavy atom. The minimum atomic E-state index is -0.869. The molecule has 1 saturated heterocycles. The van der Waals surface area contributed by atoms with Crippen molar-refractivity contribution >= 4 is 11.9 Å². The number of hydrogen-bond donors (Lipinski definition) is 2. The monoisotopic (exact) mass is 549 g/mol. The van der Waals surface area contributed by atoms with Crippen LogP contribution in [0.1, 0.15) is 47.5 Å². The van der Waals surface area contributed by atoms with Crippen molar-refractivity contribution in [3.63, 3.8) is 0 Å². The second kappa shape index (κ2) is 11.4. The van der Waals surface area contributed by atoms with Crippen molar-refractivity contribution in [3.8, 4) is 11.5 Å². The van der Waals surface area contributed by atoms with Gasteiger partial charge in [0.1, 0.15) is 11.5 Å². The van der Waals surface area contributed by atoms with Crippen LogP contribution in [0, 0.1) is 5.92 Å². The highest BCUT2D eigenvalue weighted by Gasteiger charge is 2.35. The highest BCUT2D eigenvalue weighted by Crippen LogP contribution is 2.37. The lowest BCUT2D eigenvalue weighted by Crippen LogP contribution is -2.46. The number of carbonyl (C=O) groups excluding carboxylic acids is 2. The maximum absolute atomic E-state index is 12.8. The Labute approximate surface area is 229 Å². The van der Waals surface area contributed by atoms with Crippen molar-refractivity contribution in [2.45, 2.75) is 37.8 Å². The molecule has 4 heterocycles. The van der Waals surface area contributed by atoms with Gasteiger partial charge < -0.3 is 29.3 Å². The Bertz CT molecular complexity index is 1540. The molecular formula is C29H31N3O8. The number of primary amides is 1. The number of piperidine rings is 1. The number of carbonyl (C=O) groups is 2. The topological polar surface area (TPSA) is 154 Å². The van der Waals surface area contributed by atoms with E-state index in [1.165, 1.54) is 13.2 Å². The first-order chi connectivity index (χ1) is 19.2. The van der Waals surface area contributed by atoms with Gasteiger partial charge in [-0.1, -0.05) is 18.2 Å². The molecule has 1 aromatic carbocycles. The maximum atomic E-state index is 12.8. The van der Waals surface area contributed by atoms with E-state index in [0.29, 0.717) is 36.7 Å². The summed E-state index contributed by atoms with van der Waals surface area (Å²) in [5.74, 6) is -1.62. The minimum absolute atomic E-state index is 0.00933. The number of hydrogen-bond acceptors (Lipinski definition) is 9. The number of likely N-dealkylation sites (tertiary alicyclic amines) is 1. The standard InChI is InChI=1S/C29H31N3O8/c1-38-27(36)16-39-20-5-2-4-18(9-20)22(11-25(30)34)29-28(37)24(33)10-21(40-29)15-31-12-17-8-19(14-31)23-6-3-7-26(35)32(23)13-17/h2-7,9-10,17,19,22,37H,8,11-16H2,1H3,(H2,30,34)/t17-,19+,22-/m1/s1. The summed E-state index contributed by atoms with van der Waals surface area (Å²) in [5.41, 5.74) is 6.43. The van der Waals surface area contributed by atoms with Gasteiger partial charge in [0.2, 0.25) is 17.1 Å². The molecule has 3 atom stereocenters. The van der Waals surface area contributed by atoms with Gasteiger partial charge in [-0.2, -0.15) is 0 Å². The van der Waals surface area contributed by atoms with Gasteiger partial charge >= 0.3 is 5.97 Å². The summed E-state index contributed by atoms with van der Waals surface area (Å²) in [5, 5.41) is 10.7. The molecule has 0 spiro atoms. The lowest BCUT2D eigenvalue weighted by Gasteiger charge is -2.42. The number of aromatic nitrogens is 1. The molecule has 0 unspecified atom stereocenters. The molecule has 11 nitrogen and oxygen atoms in total. The van der Waals surface area contributed by atoms with Crippen LogP contribution >= 0.6 is 0 Å². The molecule has 0 aliphatic carbocycles. The summed E-state index contributed by atoms with van der Waals surface area (Å²) in [4.78, 5) is 50.9. The maximum Gasteiger partial charge on any atom is 0.343 e. The van der Waals surface area contributed by atoms with E-state index < -0.39 is 29.0 Å². The van der Waals surface area contributed by atoms with Crippen LogP contribution in [0.5, 0.6) is 11.5 Å². The third-order valence-corrected chi connectivity index (χ3v) is 7.50. The van der Waals surface area contributed by atoms with Crippen molar-refractivity contribution in [1.82, 2.24) is 9.47 Å². The van der Waals surface area contributed by atoms with Gasteiger partial charge in [-0.15, -0.1) is 0 Å². The predicted molar refractivity (Wildman–Crippen MR) is 143 cm³/mol. The third-order valence-electron chi connectivity index (χ3n) is 7.50. The summed E-state index contributed by atoms with van der Waals surface area (Å²) < 4.78 is 18.0. The SMILES string of the molecule is COC(=O)COc1cccc([C@@H](CC(N)=O)c2oc(CN3C[C@H]4C[C@@H](C3)c3cccc(=O)n3C4)cc(=O)c2O)c1. The molecule has 11 heteroatoms. The number of methoxy groups -OCH3 is 1. The number of nitrogens with zero attached hydrogens (tertiary/aromatic N) is 2. The second-order valence-electron chi connectivity index (χ2n) is 10.3. The predicted octanol–water partition coefficient (Wildman–Crippen LogP) is 1.69. The van der Waals surface area contributed by atoms with Crippen LogP contribution in [-0.2, 0) is 27.4 Å². The van der Waals surface area contributed by atoms with Gasteiger partial charge in [0.15, 0.2) is 12.4 Å². The number of rotatable bonds is 9. The summed E-state index contributed by atoms with van der Waals surface area (Å²) in [6, 6.07) is 13.2. The van der Waals surface area contributed by atoms with Crippen molar-refractivity contribution in [2.24, 2.45) is 11.7 Å². The Morgan fingerprint density at radius 3 is 2.70 bits per heavy atom. The molecule has 0 radical (unpaired) electrons. The molecule has 2 bridgehead atoms. The molecule has 210 valence electrons. The molecule has 3 aromatic rings. The first-order valence-electron chi connectivity index (χ1n) is 13.1. The average molecular weight is 550 g/mol. The molecule has 1 amide bonds. The van der Waals surface area contributed by atoms with Gasteiger partial charge in [-0.25, -0.2) is 4.79 Å². The molecule has 2 aliphatic rings. The number of ether oxygens (including phenoxy) is 2. The van der Waals surface area contributed by atoms with Crippen LogP contribution in [0.15, 0.2) is 62.5 Å². The molecular weight excluding hydrogens is 518 g/mol. The highest BCUT2D eigenvalue weighted by atomic mass is 16.6. The van der Waals surface area contributed by atoms with Crippen LogP contribution in [0.3, 0.4) is 0 Å². The Kier molecular flexibility index (Phi) is 7.74. The average Bonchev–Trinajstić information content (AvgIpc) is 2.93. The number of benzene rings is 1. The number of esters is 1. The van der Waals surface area contributed by atoms with Crippen molar-refractivity contribution in [1.29, 1.82) is 0 Å². The van der Waals surface area contributed by atoms with Crippen molar-refractivity contribution in [3.05, 3.63) is 91.9 Å². The summed E-state index contributed by atoms with van der Waals surface area (Å²) >= 11 is 0. The fourth-order valence-corrected chi connectivity index (χ4v) is 5.80. The molecule has 1 fully saturated rings. The fourth-order valence-electron chi connectivity index (χ4n) is 5.80. The summed E-state index contributed by atoms with van der Waals surface area (Å²) in [6.45, 7) is 2.05. The Morgan fingerprint density at radius 2 is 1.93 bits per heavy atom. The van der Waals surface area contributed by atoms with Crippen LogP contribution in [-0.4, -0.2) is 53.3 Å². The van der Waals surface area contributed by atoms with Crippen LogP contribution in [0.4, 0.5) is 0 Å². The lowest BCUT2D eigenvalue weighted by molar-refractivity contribution is -0.142. The third kappa shape index (κ3) is 5.79. The largest absolute Gasteiger partial charge is 0.502 e. The number of nitrogens with two attached hydrogens (primary N) is 1. The molecule has 40 heavy (non-hydrogen) atoms. The van der Waals surface area contributed by atoms with Gasteiger partial charge in [0.05, 0.1) is 19.6 Å². The van der Waals surface area contributed by atoms with Crippen LogP contribution in [0.25, 0.3) is 0 Å². The first-order valence-corrected chi connectivity index (χ1v) is 13.1. The van der Waals surface area contributed by atoms with Crippen LogP contribution in [0.2, 0.25) is 0 Å². The molecule has 5 rings (SSSR count). The normalized spacial score (nSPS) is 18.9. The van der Waals surface area contributed by atoms with E-state index in [1.54, 1.807) is 36.4 Å². The smallest absolute Gasteiger partial charge is 0.343 e. The van der Waals surface area contributed by atoms with E-state index in [4.69, 9.17) is 14.9 Å². The molecule has 2 aromatic heterocycles. The number of amides is 1. The Balaban J connectivity index is 1.42. The molecule has 0 saturated carbocycles. The Hall–Kier alpha value is -4.38. The molecule has 3 N–H and O–H groups in total. The van der Waals surface area contributed by atoms with E-state index in [9.17, 15) is 24.3 Å². The summed E-state index contributed by atoms with van der Waals surface area (Å²) in [7, 11) is 1.25. The zero-order chi connectivity index (χ0) is 28.4. The number of pyridine rings is 1. The van der Waals surface area contributed by atoms with E-state index in [0.717, 1.165) is 18.7 Å². The fraction of sp³-hybridized carbons (Fsp3) is 0.379. The zero-order valence-corrected chi connectivity index (χ0v) is 22.1. The van der Waals surface area contributed by atoms with Gasteiger partial charge in [0.25, 0.3) is 5.56 Å². The van der Waals surface area contributed by atoms with Gasteiger partial charge in [0, 0.05) is 49.8 Å².